The van der Waals surface area contributed by atoms with Gasteiger partial charge in [-0.2, -0.15) is 4.98 Å². The third-order valence-corrected chi connectivity index (χ3v) is 3.12. The fourth-order valence-electron chi connectivity index (χ4n) is 1.27. The SMILES string of the molecule is Cc1ccc(-c2noc(C(C)N)n2)cc1Br. The lowest BCUT2D eigenvalue weighted by molar-refractivity contribution is 0.362. The summed E-state index contributed by atoms with van der Waals surface area (Å²) in [6.45, 7) is 3.83. The number of nitrogens with two attached hydrogens (primary N) is 1. The van der Waals surface area contributed by atoms with Gasteiger partial charge in [0.25, 0.3) is 0 Å². The van der Waals surface area contributed by atoms with Crippen LogP contribution in [-0.2, 0) is 0 Å². The highest BCUT2D eigenvalue weighted by atomic mass is 79.9. The van der Waals surface area contributed by atoms with E-state index in [-0.39, 0.29) is 6.04 Å². The van der Waals surface area contributed by atoms with Crippen molar-refractivity contribution in [2.24, 2.45) is 5.73 Å². The average Bonchev–Trinajstić information content (AvgIpc) is 2.71. The van der Waals surface area contributed by atoms with Gasteiger partial charge in [0.05, 0.1) is 6.04 Å². The molecule has 4 nitrogen and oxygen atoms in total. The molecule has 0 bridgehead atoms. The first-order chi connectivity index (χ1) is 7.58. The van der Waals surface area contributed by atoms with Crippen LogP contribution in [0, 0.1) is 6.92 Å². The zero-order chi connectivity index (χ0) is 11.7. The maximum atomic E-state index is 5.65. The van der Waals surface area contributed by atoms with E-state index in [4.69, 9.17) is 10.3 Å². The van der Waals surface area contributed by atoms with Gasteiger partial charge in [0, 0.05) is 10.0 Å². The standard InChI is InChI=1S/C11H12BrN3O/c1-6-3-4-8(5-9(6)12)10-14-11(7(2)13)16-15-10/h3-5,7H,13H2,1-2H3. The molecule has 1 aromatic carbocycles. The van der Waals surface area contributed by atoms with Crippen LogP contribution >= 0.6 is 15.9 Å². The molecular formula is C11H12BrN3O. The van der Waals surface area contributed by atoms with Crippen molar-refractivity contribution in [1.29, 1.82) is 0 Å². The molecule has 0 aliphatic carbocycles. The summed E-state index contributed by atoms with van der Waals surface area (Å²) in [4.78, 5) is 4.23. The highest BCUT2D eigenvalue weighted by Crippen LogP contribution is 2.24. The molecule has 1 aromatic heterocycles. The van der Waals surface area contributed by atoms with E-state index in [1.165, 1.54) is 5.56 Å². The number of aromatic nitrogens is 2. The molecule has 0 fully saturated rings. The Balaban J connectivity index is 2.39. The zero-order valence-electron chi connectivity index (χ0n) is 9.07. The van der Waals surface area contributed by atoms with Crippen LogP contribution in [0.4, 0.5) is 0 Å². The predicted octanol–water partition coefficient (Wildman–Crippen LogP) is 2.83. The fraction of sp³-hybridized carbons (Fsp3) is 0.273. The largest absolute Gasteiger partial charge is 0.337 e. The molecule has 2 aromatic rings. The Hall–Kier alpha value is -1.20. The van der Waals surface area contributed by atoms with Crippen molar-refractivity contribution < 1.29 is 4.52 Å². The molecule has 0 radical (unpaired) electrons. The van der Waals surface area contributed by atoms with Crippen LogP contribution in [-0.4, -0.2) is 10.1 Å². The molecule has 2 N–H and O–H groups in total. The molecule has 0 spiro atoms. The Labute approximate surface area is 102 Å². The molecule has 0 saturated heterocycles. The van der Waals surface area contributed by atoms with Gasteiger partial charge >= 0.3 is 0 Å². The van der Waals surface area contributed by atoms with E-state index in [0.29, 0.717) is 11.7 Å². The maximum absolute atomic E-state index is 5.65. The first kappa shape index (κ1) is 11.3. The molecule has 0 amide bonds. The zero-order valence-corrected chi connectivity index (χ0v) is 10.7. The van der Waals surface area contributed by atoms with Crippen molar-refractivity contribution in [2.75, 3.05) is 0 Å². The van der Waals surface area contributed by atoms with E-state index < -0.39 is 0 Å². The summed E-state index contributed by atoms with van der Waals surface area (Å²) < 4.78 is 6.07. The molecule has 1 heterocycles. The second-order valence-electron chi connectivity index (χ2n) is 3.71. The van der Waals surface area contributed by atoms with Crippen LogP contribution < -0.4 is 5.73 Å². The third-order valence-electron chi connectivity index (χ3n) is 2.26. The van der Waals surface area contributed by atoms with Gasteiger partial charge in [-0.3, -0.25) is 0 Å². The number of halogens is 1. The second kappa shape index (κ2) is 4.35. The molecule has 0 aliphatic rings. The monoisotopic (exact) mass is 281 g/mol. The fourth-order valence-corrected chi connectivity index (χ4v) is 1.65. The van der Waals surface area contributed by atoms with E-state index in [1.54, 1.807) is 0 Å². The molecular weight excluding hydrogens is 270 g/mol. The number of aryl methyl sites for hydroxylation is 1. The molecule has 2 rings (SSSR count). The molecule has 84 valence electrons. The topological polar surface area (TPSA) is 64.9 Å². The normalized spacial score (nSPS) is 12.8. The van der Waals surface area contributed by atoms with Gasteiger partial charge in [0.15, 0.2) is 0 Å². The Morgan fingerprint density at radius 1 is 1.44 bits per heavy atom. The van der Waals surface area contributed by atoms with Crippen molar-refractivity contribution >= 4 is 15.9 Å². The summed E-state index contributed by atoms with van der Waals surface area (Å²) in [7, 11) is 0. The number of nitrogens with zero attached hydrogens (tertiary/aromatic N) is 2. The minimum Gasteiger partial charge on any atom is -0.337 e. The van der Waals surface area contributed by atoms with E-state index >= 15 is 0 Å². The smallest absolute Gasteiger partial charge is 0.243 e. The van der Waals surface area contributed by atoms with Gasteiger partial charge in [0.2, 0.25) is 11.7 Å². The van der Waals surface area contributed by atoms with Crippen LogP contribution in [0.5, 0.6) is 0 Å². The summed E-state index contributed by atoms with van der Waals surface area (Å²) in [5, 5.41) is 3.89. The van der Waals surface area contributed by atoms with Crippen LogP contribution in [0.2, 0.25) is 0 Å². The van der Waals surface area contributed by atoms with Crippen LogP contribution in [0.1, 0.15) is 24.4 Å². The summed E-state index contributed by atoms with van der Waals surface area (Å²) >= 11 is 3.47. The van der Waals surface area contributed by atoms with Gasteiger partial charge < -0.3 is 10.3 Å². The van der Waals surface area contributed by atoms with Crippen molar-refractivity contribution in [3.05, 3.63) is 34.1 Å². The van der Waals surface area contributed by atoms with Gasteiger partial charge in [0.1, 0.15) is 0 Å². The lowest BCUT2D eigenvalue weighted by Gasteiger charge is -1.99. The Bertz CT molecular complexity index is 508. The number of hydrogen-bond acceptors (Lipinski definition) is 4. The third kappa shape index (κ3) is 2.15. The van der Waals surface area contributed by atoms with Crippen LogP contribution in [0.15, 0.2) is 27.2 Å². The van der Waals surface area contributed by atoms with Gasteiger partial charge in [-0.05, 0) is 25.5 Å². The highest BCUT2D eigenvalue weighted by Gasteiger charge is 2.12. The van der Waals surface area contributed by atoms with Crippen molar-refractivity contribution in [3.63, 3.8) is 0 Å². The van der Waals surface area contributed by atoms with Crippen LogP contribution in [0.25, 0.3) is 11.4 Å². The maximum Gasteiger partial charge on any atom is 0.243 e. The first-order valence-electron chi connectivity index (χ1n) is 4.93. The predicted molar refractivity (Wildman–Crippen MR) is 64.8 cm³/mol. The first-order valence-corrected chi connectivity index (χ1v) is 5.73. The quantitative estimate of drug-likeness (QED) is 0.919. The highest BCUT2D eigenvalue weighted by molar-refractivity contribution is 9.10. The Morgan fingerprint density at radius 2 is 2.19 bits per heavy atom. The van der Waals surface area contributed by atoms with E-state index in [2.05, 4.69) is 26.1 Å². The Morgan fingerprint density at radius 3 is 2.75 bits per heavy atom. The van der Waals surface area contributed by atoms with Crippen LogP contribution in [0.3, 0.4) is 0 Å². The minimum absolute atomic E-state index is 0.241. The van der Waals surface area contributed by atoms with Crippen molar-refractivity contribution in [3.8, 4) is 11.4 Å². The van der Waals surface area contributed by atoms with Crippen molar-refractivity contribution in [1.82, 2.24) is 10.1 Å². The molecule has 16 heavy (non-hydrogen) atoms. The van der Waals surface area contributed by atoms with Gasteiger partial charge in [-0.25, -0.2) is 0 Å². The van der Waals surface area contributed by atoms with E-state index in [0.717, 1.165) is 10.0 Å². The average molecular weight is 282 g/mol. The molecule has 1 unspecified atom stereocenters. The molecule has 5 heteroatoms. The summed E-state index contributed by atoms with van der Waals surface area (Å²) in [5.41, 5.74) is 7.73. The summed E-state index contributed by atoms with van der Waals surface area (Å²) in [6.07, 6.45) is 0. The number of rotatable bonds is 2. The lowest BCUT2D eigenvalue weighted by Crippen LogP contribution is -2.04. The summed E-state index contributed by atoms with van der Waals surface area (Å²) in [6, 6.07) is 5.68. The second-order valence-corrected chi connectivity index (χ2v) is 4.56. The van der Waals surface area contributed by atoms with Crippen molar-refractivity contribution in [2.45, 2.75) is 19.9 Å². The lowest BCUT2D eigenvalue weighted by atomic mass is 10.1. The van der Waals surface area contributed by atoms with Gasteiger partial charge in [-0.15, -0.1) is 0 Å². The number of benzene rings is 1. The minimum atomic E-state index is -0.241. The van der Waals surface area contributed by atoms with E-state index in [9.17, 15) is 0 Å². The molecule has 0 saturated carbocycles. The van der Waals surface area contributed by atoms with E-state index in [1.807, 2.05) is 32.0 Å². The number of hydrogen-bond donors (Lipinski definition) is 1. The molecule has 1 atom stereocenters. The molecule has 0 aliphatic heterocycles. The Kier molecular flexibility index (Phi) is 3.07. The summed E-state index contributed by atoms with van der Waals surface area (Å²) in [5.74, 6) is 1.01. The van der Waals surface area contributed by atoms with Gasteiger partial charge in [-0.1, -0.05) is 33.2 Å².